The van der Waals surface area contributed by atoms with Crippen LogP contribution >= 0.6 is 23.2 Å². The Morgan fingerprint density at radius 1 is 1.13 bits per heavy atom. The first-order valence-electron chi connectivity index (χ1n) is 6.69. The fourth-order valence-electron chi connectivity index (χ4n) is 1.77. The maximum atomic E-state index is 12.0. The molecular weight excluding hydrogens is 341 g/mol. The highest BCUT2D eigenvalue weighted by molar-refractivity contribution is 6.42. The number of carbonyl (C=O) groups is 2. The lowest BCUT2D eigenvalue weighted by atomic mass is 10.2. The Balaban J connectivity index is 2.12. The molecule has 7 heteroatoms. The summed E-state index contributed by atoms with van der Waals surface area (Å²) in [6.07, 6.45) is -0.0366. The van der Waals surface area contributed by atoms with Crippen LogP contribution in [0.3, 0.4) is 0 Å². The van der Waals surface area contributed by atoms with Gasteiger partial charge in [-0.05, 0) is 43.3 Å². The first-order chi connectivity index (χ1) is 11.0. The predicted octanol–water partition coefficient (Wildman–Crippen LogP) is 4.82. The van der Waals surface area contributed by atoms with Crippen molar-refractivity contribution in [3.8, 4) is 11.5 Å². The molecular formula is C16H13Cl2NO4. The molecule has 2 aromatic rings. The van der Waals surface area contributed by atoms with Gasteiger partial charge in [0.1, 0.15) is 6.29 Å². The van der Waals surface area contributed by atoms with E-state index in [9.17, 15) is 9.59 Å². The molecule has 2 rings (SSSR count). The zero-order valence-electron chi connectivity index (χ0n) is 12.1. The van der Waals surface area contributed by atoms with Crippen molar-refractivity contribution < 1.29 is 19.1 Å². The number of hydrogen-bond acceptors (Lipinski definition) is 4. The van der Waals surface area contributed by atoms with Crippen molar-refractivity contribution in [3.05, 3.63) is 52.0 Å². The molecule has 0 aliphatic rings. The van der Waals surface area contributed by atoms with E-state index in [4.69, 9.17) is 32.7 Å². The first-order valence-corrected chi connectivity index (χ1v) is 7.45. The first kappa shape index (κ1) is 17.1. The summed E-state index contributed by atoms with van der Waals surface area (Å²) in [4.78, 5) is 22.8. The van der Waals surface area contributed by atoms with Gasteiger partial charge in [-0.15, -0.1) is 0 Å². The zero-order valence-corrected chi connectivity index (χ0v) is 13.6. The van der Waals surface area contributed by atoms with E-state index >= 15 is 0 Å². The van der Waals surface area contributed by atoms with Gasteiger partial charge >= 0.3 is 6.09 Å². The second-order valence-corrected chi connectivity index (χ2v) is 5.21. The van der Waals surface area contributed by atoms with Gasteiger partial charge in [0.2, 0.25) is 0 Å². The van der Waals surface area contributed by atoms with Crippen molar-refractivity contribution in [1.29, 1.82) is 0 Å². The highest BCUT2D eigenvalue weighted by Crippen LogP contribution is 2.29. The molecule has 0 aromatic heterocycles. The topological polar surface area (TPSA) is 64.6 Å². The largest absolute Gasteiger partial charge is 0.490 e. The van der Waals surface area contributed by atoms with E-state index in [0.717, 1.165) is 0 Å². The Labute approximate surface area is 143 Å². The molecule has 1 amide bonds. The second kappa shape index (κ2) is 7.85. The highest BCUT2D eigenvalue weighted by Gasteiger charge is 2.12. The monoisotopic (exact) mass is 353 g/mol. The van der Waals surface area contributed by atoms with Gasteiger partial charge in [0.25, 0.3) is 0 Å². The summed E-state index contributed by atoms with van der Waals surface area (Å²) in [6, 6.07) is 9.17. The number of amides is 1. The Bertz CT molecular complexity index is 734. The van der Waals surface area contributed by atoms with Gasteiger partial charge in [0.05, 0.1) is 16.7 Å². The van der Waals surface area contributed by atoms with Gasteiger partial charge in [-0.25, -0.2) is 4.79 Å². The molecule has 120 valence electrons. The Hall–Kier alpha value is -2.24. The molecule has 0 bridgehead atoms. The standard InChI is InChI=1S/C16H13Cl2NO4/c1-2-22-15-7-10(9-20)3-6-14(15)23-16(21)19-11-4-5-12(17)13(18)8-11/h3-9H,2H2,1H3,(H,19,21). The molecule has 0 radical (unpaired) electrons. The molecule has 2 aromatic carbocycles. The third-order valence-electron chi connectivity index (χ3n) is 2.77. The van der Waals surface area contributed by atoms with E-state index in [0.29, 0.717) is 39.9 Å². The van der Waals surface area contributed by atoms with Gasteiger partial charge in [0.15, 0.2) is 11.5 Å². The van der Waals surface area contributed by atoms with E-state index in [1.165, 1.54) is 24.3 Å². The summed E-state index contributed by atoms with van der Waals surface area (Å²) >= 11 is 11.7. The van der Waals surface area contributed by atoms with Crippen LogP contribution in [0, 0.1) is 0 Å². The van der Waals surface area contributed by atoms with Crippen molar-refractivity contribution >= 4 is 41.3 Å². The van der Waals surface area contributed by atoms with Crippen molar-refractivity contribution in [2.75, 3.05) is 11.9 Å². The van der Waals surface area contributed by atoms with Crippen LogP contribution in [0.5, 0.6) is 11.5 Å². The SMILES string of the molecule is CCOc1cc(C=O)ccc1OC(=O)Nc1ccc(Cl)c(Cl)c1. The van der Waals surface area contributed by atoms with Crippen LogP contribution in [0.4, 0.5) is 10.5 Å². The molecule has 0 aliphatic heterocycles. The quantitative estimate of drug-likeness (QED) is 0.782. The lowest BCUT2D eigenvalue weighted by Crippen LogP contribution is -2.17. The van der Waals surface area contributed by atoms with Gasteiger partial charge in [-0.3, -0.25) is 10.1 Å². The molecule has 1 N–H and O–H groups in total. The molecule has 0 heterocycles. The van der Waals surface area contributed by atoms with E-state index in [-0.39, 0.29) is 5.75 Å². The third-order valence-corrected chi connectivity index (χ3v) is 3.51. The van der Waals surface area contributed by atoms with E-state index in [1.54, 1.807) is 19.1 Å². The number of anilines is 1. The second-order valence-electron chi connectivity index (χ2n) is 4.40. The summed E-state index contributed by atoms with van der Waals surface area (Å²) in [7, 11) is 0. The normalized spacial score (nSPS) is 10.0. The molecule has 0 unspecified atom stereocenters. The minimum Gasteiger partial charge on any atom is -0.490 e. The molecule has 0 spiro atoms. The van der Waals surface area contributed by atoms with Gasteiger partial charge in [0, 0.05) is 11.3 Å². The van der Waals surface area contributed by atoms with Crippen LogP contribution in [-0.4, -0.2) is 19.0 Å². The van der Waals surface area contributed by atoms with Crippen LogP contribution in [0.25, 0.3) is 0 Å². The summed E-state index contributed by atoms with van der Waals surface area (Å²) in [5, 5.41) is 3.22. The van der Waals surface area contributed by atoms with E-state index in [2.05, 4.69) is 5.32 Å². The lowest BCUT2D eigenvalue weighted by molar-refractivity contribution is 0.112. The summed E-state index contributed by atoms with van der Waals surface area (Å²) in [6.45, 7) is 2.15. The minimum atomic E-state index is -0.719. The average molecular weight is 354 g/mol. The smallest absolute Gasteiger partial charge is 0.417 e. The highest BCUT2D eigenvalue weighted by atomic mass is 35.5. The number of nitrogens with one attached hydrogen (secondary N) is 1. The summed E-state index contributed by atoms with van der Waals surface area (Å²) in [5.41, 5.74) is 0.859. The van der Waals surface area contributed by atoms with Crippen molar-refractivity contribution in [1.82, 2.24) is 0 Å². The van der Waals surface area contributed by atoms with Crippen molar-refractivity contribution in [3.63, 3.8) is 0 Å². The Morgan fingerprint density at radius 3 is 2.57 bits per heavy atom. The summed E-state index contributed by atoms with van der Waals surface area (Å²) < 4.78 is 10.6. The van der Waals surface area contributed by atoms with Crippen molar-refractivity contribution in [2.45, 2.75) is 6.92 Å². The number of benzene rings is 2. The molecule has 0 aliphatic carbocycles. The third kappa shape index (κ3) is 4.61. The number of halogens is 2. The fraction of sp³-hybridized carbons (Fsp3) is 0.125. The van der Waals surface area contributed by atoms with Crippen LogP contribution in [0.15, 0.2) is 36.4 Å². The fourth-order valence-corrected chi connectivity index (χ4v) is 2.07. The molecule has 0 atom stereocenters. The number of hydrogen-bond donors (Lipinski definition) is 1. The minimum absolute atomic E-state index is 0.204. The molecule has 23 heavy (non-hydrogen) atoms. The zero-order chi connectivity index (χ0) is 16.8. The predicted molar refractivity (Wildman–Crippen MR) is 89.1 cm³/mol. The maximum absolute atomic E-state index is 12.0. The summed E-state index contributed by atoms with van der Waals surface area (Å²) in [5.74, 6) is 0.511. The number of carbonyl (C=O) groups excluding carboxylic acids is 2. The van der Waals surface area contributed by atoms with E-state index in [1.807, 2.05) is 0 Å². The van der Waals surface area contributed by atoms with Crippen LogP contribution in [-0.2, 0) is 0 Å². The molecule has 0 fully saturated rings. The Kier molecular flexibility index (Phi) is 5.84. The average Bonchev–Trinajstić information content (AvgIpc) is 2.53. The van der Waals surface area contributed by atoms with Crippen molar-refractivity contribution in [2.24, 2.45) is 0 Å². The van der Waals surface area contributed by atoms with Gasteiger partial charge in [-0.1, -0.05) is 23.2 Å². The van der Waals surface area contributed by atoms with Crippen LogP contribution in [0.2, 0.25) is 10.0 Å². The maximum Gasteiger partial charge on any atom is 0.417 e. The molecule has 0 saturated heterocycles. The number of rotatable bonds is 5. The molecule has 0 saturated carbocycles. The van der Waals surface area contributed by atoms with Crippen LogP contribution in [0.1, 0.15) is 17.3 Å². The van der Waals surface area contributed by atoms with Gasteiger partial charge < -0.3 is 9.47 Å². The van der Waals surface area contributed by atoms with Crippen LogP contribution < -0.4 is 14.8 Å². The lowest BCUT2D eigenvalue weighted by Gasteiger charge is -2.12. The molecule has 5 nitrogen and oxygen atoms in total. The Morgan fingerprint density at radius 2 is 1.91 bits per heavy atom. The van der Waals surface area contributed by atoms with Gasteiger partial charge in [-0.2, -0.15) is 0 Å². The number of aldehydes is 1. The number of ether oxygens (including phenoxy) is 2. The van der Waals surface area contributed by atoms with E-state index < -0.39 is 6.09 Å².